The smallest absolute Gasteiger partial charge is 0.254 e. The minimum atomic E-state index is -0.155. The molecule has 6 heteroatoms. The van der Waals surface area contributed by atoms with Gasteiger partial charge in [0.1, 0.15) is 0 Å². The molecule has 1 heterocycles. The molecule has 1 amide bonds. The molecule has 0 aliphatic carbocycles. The number of rotatable bonds is 6. The Hall–Kier alpha value is -2.57. The van der Waals surface area contributed by atoms with Gasteiger partial charge in [-0.1, -0.05) is 30.3 Å². The van der Waals surface area contributed by atoms with Crippen LogP contribution in [0.3, 0.4) is 0 Å². The van der Waals surface area contributed by atoms with Crippen LogP contribution in [0, 0.1) is 0 Å². The van der Waals surface area contributed by atoms with Crippen molar-refractivity contribution in [3.05, 3.63) is 59.7 Å². The van der Waals surface area contributed by atoms with E-state index in [1.54, 1.807) is 32.4 Å². The lowest BCUT2D eigenvalue weighted by Crippen LogP contribution is -2.51. The molecule has 0 bridgehead atoms. The van der Waals surface area contributed by atoms with Crippen molar-refractivity contribution in [3.63, 3.8) is 0 Å². The average Bonchev–Trinajstić information content (AvgIpc) is 2.72. The summed E-state index contributed by atoms with van der Waals surface area (Å²) in [5, 5.41) is 0. The first-order valence-electron chi connectivity index (χ1n) is 9.39. The molecule has 1 saturated heterocycles. The molecule has 0 spiro atoms. The normalized spacial score (nSPS) is 19.5. The molecule has 0 N–H and O–H groups in total. The molecule has 6 nitrogen and oxygen atoms in total. The van der Waals surface area contributed by atoms with Crippen LogP contribution in [0.15, 0.2) is 48.5 Å². The van der Waals surface area contributed by atoms with Crippen LogP contribution in [-0.2, 0) is 4.74 Å². The molecule has 3 rings (SSSR count). The maximum absolute atomic E-state index is 13.4. The maximum atomic E-state index is 13.4. The minimum absolute atomic E-state index is 0.0399. The van der Waals surface area contributed by atoms with E-state index in [0.717, 1.165) is 12.1 Å². The third-order valence-corrected chi connectivity index (χ3v) is 4.93. The van der Waals surface area contributed by atoms with Crippen LogP contribution in [0.5, 0.6) is 11.5 Å². The predicted octanol–water partition coefficient (Wildman–Crippen LogP) is 2.85. The van der Waals surface area contributed by atoms with Crippen LogP contribution in [0.2, 0.25) is 0 Å². The van der Waals surface area contributed by atoms with Crippen LogP contribution in [0.4, 0.5) is 0 Å². The Morgan fingerprint density at radius 1 is 1.11 bits per heavy atom. The van der Waals surface area contributed by atoms with Gasteiger partial charge in [0.25, 0.3) is 5.91 Å². The van der Waals surface area contributed by atoms with Crippen molar-refractivity contribution >= 4 is 5.91 Å². The Kier molecular flexibility index (Phi) is 6.54. The van der Waals surface area contributed by atoms with Crippen molar-refractivity contribution in [3.8, 4) is 11.5 Å². The SMILES string of the molecule is COc1ccc(C(=O)N2CCO[C@@H](CN(C)C)[C@@H]2c2ccccc2)cc1OC. The van der Waals surface area contributed by atoms with Gasteiger partial charge in [-0.05, 0) is 37.9 Å². The molecule has 1 aliphatic heterocycles. The summed E-state index contributed by atoms with van der Waals surface area (Å²) in [6.07, 6.45) is -0.102. The van der Waals surface area contributed by atoms with E-state index in [2.05, 4.69) is 17.0 Å². The number of methoxy groups -OCH3 is 2. The van der Waals surface area contributed by atoms with Gasteiger partial charge in [-0.3, -0.25) is 4.79 Å². The quantitative estimate of drug-likeness (QED) is 0.767. The van der Waals surface area contributed by atoms with E-state index in [9.17, 15) is 4.79 Å². The Labute approximate surface area is 166 Å². The number of nitrogens with zero attached hydrogens (tertiary/aromatic N) is 2. The zero-order chi connectivity index (χ0) is 20.1. The fourth-order valence-electron chi connectivity index (χ4n) is 3.65. The highest BCUT2D eigenvalue weighted by Crippen LogP contribution is 2.33. The van der Waals surface area contributed by atoms with E-state index >= 15 is 0 Å². The monoisotopic (exact) mass is 384 g/mol. The summed E-state index contributed by atoms with van der Waals surface area (Å²) >= 11 is 0. The van der Waals surface area contributed by atoms with E-state index in [1.165, 1.54) is 0 Å². The van der Waals surface area contributed by atoms with Crippen molar-refractivity contribution in [2.24, 2.45) is 0 Å². The van der Waals surface area contributed by atoms with Gasteiger partial charge in [0.2, 0.25) is 0 Å². The van der Waals surface area contributed by atoms with Crippen LogP contribution in [0.1, 0.15) is 22.0 Å². The summed E-state index contributed by atoms with van der Waals surface area (Å²) in [7, 11) is 7.18. The number of carbonyl (C=O) groups is 1. The second-order valence-electron chi connectivity index (χ2n) is 7.10. The fourth-order valence-corrected chi connectivity index (χ4v) is 3.65. The molecule has 150 valence electrons. The van der Waals surface area contributed by atoms with E-state index in [1.807, 2.05) is 37.2 Å². The van der Waals surface area contributed by atoms with Crippen molar-refractivity contribution in [2.45, 2.75) is 12.1 Å². The van der Waals surface area contributed by atoms with Crippen molar-refractivity contribution in [2.75, 3.05) is 48.0 Å². The highest BCUT2D eigenvalue weighted by molar-refractivity contribution is 5.95. The van der Waals surface area contributed by atoms with Gasteiger partial charge in [0.15, 0.2) is 11.5 Å². The fraction of sp³-hybridized carbons (Fsp3) is 0.409. The zero-order valence-corrected chi connectivity index (χ0v) is 16.9. The molecule has 28 heavy (non-hydrogen) atoms. The first kappa shape index (κ1) is 20.2. The first-order valence-corrected chi connectivity index (χ1v) is 9.39. The van der Waals surface area contributed by atoms with Gasteiger partial charge in [-0.2, -0.15) is 0 Å². The molecular weight excluding hydrogens is 356 g/mol. The first-order chi connectivity index (χ1) is 13.5. The number of carbonyl (C=O) groups excluding carboxylic acids is 1. The second-order valence-corrected chi connectivity index (χ2v) is 7.10. The maximum Gasteiger partial charge on any atom is 0.254 e. The third kappa shape index (κ3) is 4.29. The number of likely N-dealkylation sites (N-methyl/N-ethyl adjacent to an activating group) is 1. The third-order valence-electron chi connectivity index (χ3n) is 4.93. The lowest BCUT2D eigenvalue weighted by atomic mass is 9.96. The molecule has 1 fully saturated rings. The summed E-state index contributed by atoms with van der Waals surface area (Å²) in [6.45, 7) is 1.78. The number of benzene rings is 2. The lowest BCUT2D eigenvalue weighted by molar-refractivity contribution is -0.0684. The molecule has 2 atom stereocenters. The summed E-state index contributed by atoms with van der Waals surface area (Å²) < 4.78 is 16.7. The number of hydrogen-bond acceptors (Lipinski definition) is 5. The van der Waals surface area contributed by atoms with Crippen LogP contribution in [-0.4, -0.2) is 69.8 Å². The molecule has 0 saturated carbocycles. The highest BCUT2D eigenvalue weighted by atomic mass is 16.5. The van der Waals surface area contributed by atoms with Gasteiger partial charge in [0.05, 0.1) is 33.0 Å². The predicted molar refractivity (Wildman–Crippen MR) is 108 cm³/mol. The minimum Gasteiger partial charge on any atom is -0.493 e. The molecule has 0 unspecified atom stereocenters. The second kappa shape index (κ2) is 9.08. The summed E-state index contributed by atoms with van der Waals surface area (Å²) in [6, 6.07) is 15.2. The Morgan fingerprint density at radius 3 is 2.46 bits per heavy atom. The van der Waals surface area contributed by atoms with Gasteiger partial charge in [-0.25, -0.2) is 0 Å². The lowest BCUT2D eigenvalue weighted by Gasteiger charge is -2.42. The number of hydrogen-bond donors (Lipinski definition) is 0. The number of morpholine rings is 1. The van der Waals surface area contributed by atoms with Crippen molar-refractivity contribution in [1.29, 1.82) is 0 Å². The van der Waals surface area contributed by atoms with Crippen LogP contribution < -0.4 is 9.47 Å². The van der Waals surface area contributed by atoms with Gasteiger partial charge >= 0.3 is 0 Å². The van der Waals surface area contributed by atoms with E-state index < -0.39 is 0 Å². The highest BCUT2D eigenvalue weighted by Gasteiger charge is 2.37. The van der Waals surface area contributed by atoms with Crippen LogP contribution in [0.25, 0.3) is 0 Å². The zero-order valence-electron chi connectivity index (χ0n) is 16.9. The molecule has 0 aromatic heterocycles. The summed E-state index contributed by atoms with van der Waals surface area (Å²) in [5.41, 5.74) is 1.65. The molecule has 0 radical (unpaired) electrons. The molecule has 2 aromatic rings. The molecule has 1 aliphatic rings. The average molecular weight is 384 g/mol. The number of amides is 1. The topological polar surface area (TPSA) is 51.2 Å². The van der Waals surface area contributed by atoms with E-state index in [4.69, 9.17) is 14.2 Å². The Balaban J connectivity index is 1.96. The summed E-state index contributed by atoms with van der Waals surface area (Å²) in [5.74, 6) is 1.11. The Bertz CT molecular complexity index is 794. The molecule has 2 aromatic carbocycles. The molecular formula is C22H28N2O4. The van der Waals surface area contributed by atoms with Gasteiger partial charge < -0.3 is 24.0 Å². The van der Waals surface area contributed by atoms with Gasteiger partial charge in [0, 0.05) is 18.7 Å². The van der Waals surface area contributed by atoms with Crippen molar-refractivity contribution < 1.29 is 19.0 Å². The van der Waals surface area contributed by atoms with E-state index in [-0.39, 0.29) is 18.1 Å². The van der Waals surface area contributed by atoms with Crippen LogP contribution >= 0.6 is 0 Å². The largest absolute Gasteiger partial charge is 0.493 e. The summed E-state index contributed by atoms with van der Waals surface area (Å²) in [4.78, 5) is 17.4. The van der Waals surface area contributed by atoms with Crippen molar-refractivity contribution in [1.82, 2.24) is 9.80 Å². The number of ether oxygens (including phenoxy) is 3. The van der Waals surface area contributed by atoms with Gasteiger partial charge in [-0.15, -0.1) is 0 Å². The standard InChI is InChI=1S/C22H28N2O4/c1-23(2)15-20-21(16-8-6-5-7-9-16)24(12-13-28-20)22(25)17-10-11-18(26-3)19(14-17)27-4/h5-11,14,20-21H,12-13,15H2,1-4H3/t20-,21-/m0/s1. The van der Waals surface area contributed by atoms with E-state index in [0.29, 0.717) is 30.2 Å². The Morgan fingerprint density at radius 2 is 1.82 bits per heavy atom.